The van der Waals surface area contributed by atoms with Gasteiger partial charge in [0.1, 0.15) is 24.4 Å². The summed E-state index contributed by atoms with van der Waals surface area (Å²) in [4.78, 5) is 21.7. The molecule has 1 unspecified atom stereocenters. The maximum atomic E-state index is 11.3. The molecule has 0 aromatic heterocycles. The van der Waals surface area contributed by atoms with E-state index in [4.69, 9.17) is 15.3 Å². The number of hydrogen-bond donors (Lipinski definition) is 7. The van der Waals surface area contributed by atoms with Crippen LogP contribution in [0.1, 0.15) is 6.92 Å². The number of aliphatic carboxylic acids is 1. The Morgan fingerprint density at radius 1 is 1.00 bits per heavy atom. The molecule has 0 saturated carbocycles. The molecule has 0 aliphatic carbocycles. The van der Waals surface area contributed by atoms with E-state index in [0.717, 1.165) is 6.92 Å². The molecule has 0 fully saturated rings. The summed E-state index contributed by atoms with van der Waals surface area (Å²) in [5.41, 5.74) is 0. The van der Waals surface area contributed by atoms with E-state index in [1.807, 2.05) is 0 Å². The van der Waals surface area contributed by atoms with Gasteiger partial charge in [0, 0.05) is 0 Å². The topological polar surface area (TPSA) is 185 Å². The van der Waals surface area contributed by atoms with E-state index < -0.39 is 55.2 Å². The van der Waals surface area contributed by atoms with Crippen molar-refractivity contribution < 1.29 is 50.1 Å². The van der Waals surface area contributed by atoms with Crippen LogP contribution in [-0.4, -0.2) is 90.9 Å². The van der Waals surface area contributed by atoms with Gasteiger partial charge in [0.2, 0.25) is 0 Å². The van der Waals surface area contributed by atoms with Crippen molar-refractivity contribution in [3.8, 4) is 0 Å². The maximum Gasteiger partial charge on any atom is 0.344 e. The molecule has 0 radical (unpaired) electrons. The zero-order valence-corrected chi connectivity index (χ0v) is 10.5. The molecule has 0 aromatic rings. The van der Waals surface area contributed by atoms with Crippen LogP contribution in [0.2, 0.25) is 0 Å². The summed E-state index contributed by atoms with van der Waals surface area (Å²) >= 11 is 0. The van der Waals surface area contributed by atoms with Gasteiger partial charge in [-0.25, -0.2) is 9.59 Å². The van der Waals surface area contributed by atoms with E-state index in [9.17, 15) is 30.0 Å². The molecule has 0 spiro atoms. The van der Waals surface area contributed by atoms with Crippen LogP contribution in [-0.2, 0) is 14.3 Å². The standard InChI is InChI=1S/C10H18O10/c1-3(9(17)18)20-10(19)8(16)7(15)6(14)5(13)4(12)2-11/h3-8,11-16H,2H2,1H3,(H,17,18)/t3?,4-,5+,6-,7-,8-/m1/s1. The number of carbonyl (C=O) groups is 2. The van der Waals surface area contributed by atoms with E-state index in [0.29, 0.717) is 0 Å². The van der Waals surface area contributed by atoms with E-state index >= 15 is 0 Å². The molecule has 0 aliphatic rings. The van der Waals surface area contributed by atoms with Gasteiger partial charge >= 0.3 is 11.9 Å². The van der Waals surface area contributed by atoms with Crippen LogP contribution in [0, 0.1) is 0 Å². The van der Waals surface area contributed by atoms with Crippen molar-refractivity contribution in [1.29, 1.82) is 0 Å². The Hall–Kier alpha value is -1.30. The van der Waals surface area contributed by atoms with Crippen molar-refractivity contribution >= 4 is 11.9 Å². The van der Waals surface area contributed by atoms with E-state index in [1.165, 1.54) is 0 Å². The second-order valence-electron chi connectivity index (χ2n) is 4.08. The highest BCUT2D eigenvalue weighted by Crippen LogP contribution is 2.10. The Bertz CT molecular complexity index is 332. The van der Waals surface area contributed by atoms with Crippen molar-refractivity contribution in [2.45, 2.75) is 43.5 Å². The number of aliphatic hydroxyl groups excluding tert-OH is 6. The number of hydrogen-bond acceptors (Lipinski definition) is 9. The van der Waals surface area contributed by atoms with Gasteiger partial charge in [-0.3, -0.25) is 0 Å². The zero-order valence-electron chi connectivity index (χ0n) is 10.5. The predicted octanol–water partition coefficient (Wildman–Crippen LogP) is -4.20. The predicted molar refractivity (Wildman–Crippen MR) is 60.3 cm³/mol. The summed E-state index contributed by atoms with van der Waals surface area (Å²) in [6.07, 6.45) is -12.2. The second-order valence-corrected chi connectivity index (χ2v) is 4.08. The molecular weight excluding hydrogens is 280 g/mol. The Morgan fingerprint density at radius 2 is 1.50 bits per heavy atom. The lowest BCUT2D eigenvalue weighted by Gasteiger charge is -2.27. The Balaban J connectivity index is 4.63. The first-order chi connectivity index (χ1) is 9.13. The molecule has 6 atom stereocenters. The Labute approximate surface area is 113 Å². The average Bonchev–Trinajstić information content (AvgIpc) is 2.42. The van der Waals surface area contributed by atoms with Crippen LogP contribution in [0.4, 0.5) is 0 Å². The zero-order chi connectivity index (χ0) is 16.0. The Kier molecular flexibility index (Phi) is 7.57. The summed E-state index contributed by atoms with van der Waals surface area (Å²) in [7, 11) is 0. The van der Waals surface area contributed by atoms with Crippen molar-refractivity contribution in [2.75, 3.05) is 6.61 Å². The SMILES string of the molecule is CC(OC(=O)[C@H](O)[C@H](O)[C@H](O)[C@@H](O)[C@H](O)CO)C(=O)O. The van der Waals surface area contributed by atoms with Crippen LogP contribution >= 0.6 is 0 Å². The minimum Gasteiger partial charge on any atom is -0.479 e. The minimum absolute atomic E-state index is 0.929. The summed E-state index contributed by atoms with van der Waals surface area (Å²) < 4.78 is 4.26. The smallest absolute Gasteiger partial charge is 0.344 e. The summed E-state index contributed by atoms with van der Waals surface area (Å²) in [5.74, 6) is -3.02. The fraction of sp³-hybridized carbons (Fsp3) is 0.800. The number of rotatable bonds is 8. The van der Waals surface area contributed by atoms with E-state index in [-0.39, 0.29) is 0 Å². The molecule has 0 aliphatic heterocycles. The normalized spacial score (nSPS) is 20.4. The van der Waals surface area contributed by atoms with Crippen molar-refractivity contribution in [1.82, 2.24) is 0 Å². The highest BCUT2D eigenvalue weighted by Gasteiger charge is 2.38. The lowest BCUT2D eigenvalue weighted by atomic mass is 9.99. The van der Waals surface area contributed by atoms with Crippen LogP contribution in [0.15, 0.2) is 0 Å². The second kappa shape index (κ2) is 8.09. The quantitative estimate of drug-likeness (QED) is 0.217. The van der Waals surface area contributed by atoms with Gasteiger partial charge in [-0.05, 0) is 6.92 Å². The third-order valence-electron chi connectivity index (χ3n) is 2.49. The average molecular weight is 298 g/mol. The minimum atomic E-state index is -2.34. The van der Waals surface area contributed by atoms with Gasteiger partial charge < -0.3 is 40.5 Å². The summed E-state index contributed by atoms with van der Waals surface area (Å²) in [5, 5.41) is 63.5. The van der Waals surface area contributed by atoms with Gasteiger partial charge in [0.15, 0.2) is 12.2 Å². The number of ether oxygens (including phenoxy) is 1. The number of carbonyl (C=O) groups excluding carboxylic acids is 1. The first kappa shape index (κ1) is 18.7. The van der Waals surface area contributed by atoms with Crippen LogP contribution in [0.3, 0.4) is 0 Å². The molecule has 0 aromatic carbocycles. The van der Waals surface area contributed by atoms with Crippen LogP contribution in [0.25, 0.3) is 0 Å². The molecule has 0 heterocycles. The first-order valence-corrected chi connectivity index (χ1v) is 5.58. The fourth-order valence-electron chi connectivity index (χ4n) is 1.16. The van der Waals surface area contributed by atoms with E-state index in [1.54, 1.807) is 0 Å². The highest BCUT2D eigenvalue weighted by molar-refractivity contribution is 5.80. The van der Waals surface area contributed by atoms with Crippen LogP contribution in [0.5, 0.6) is 0 Å². The third kappa shape index (κ3) is 5.00. The van der Waals surface area contributed by atoms with Crippen molar-refractivity contribution in [3.63, 3.8) is 0 Å². The number of esters is 1. The largest absolute Gasteiger partial charge is 0.479 e. The lowest BCUT2D eigenvalue weighted by Crippen LogP contribution is -2.52. The molecule has 0 saturated heterocycles. The molecule has 0 rings (SSSR count). The Morgan fingerprint density at radius 3 is 1.90 bits per heavy atom. The molecule has 0 amide bonds. The molecule has 118 valence electrons. The van der Waals surface area contributed by atoms with Gasteiger partial charge in [0.25, 0.3) is 0 Å². The summed E-state index contributed by atoms with van der Waals surface area (Å²) in [6.45, 7) is 0.0711. The maximum absolute atomic E-state index is 11.3. The monoisotopic (exact) mass is 298 g/mol. The fourth-order valence-corrected chi connectivity index (χ4v) is 1.16. The molecule has 10 nitrogen and oxygen atoms in total. The summed E-state index contributed by atoms with van der Waals surface area (Å²) in [6, 6.07) is 0. The van der Waals surface area contributed by atoms with Gasteiger partial charge in [-0.15, -0.1) is 0 Å². The number of carboxylic acids is 1. The lowest BCUT2D eigenvalue weighted by molar-refractivity contribution is -0.183. The highest BCUT2D eigenvalue weighted by atomic mass is 16.6. The molecule has 7 N–H and O–H groups in total. The number of carboxylic acid groups (broad SMARTS) is 1. The van der Waals surface area contributed by atoms with Gasteiger partial charge in [-0.1, -0.05) is 0 Å². The molecule has 10 heteroatoms. The molecule has 20 heavy (non-hydrogen) atoms. The first-order valence-electron chi connectivity index (χ1n) is 5.58. The van der Waals surface area contributed by atoms with Crippen molar-refractivity contribution in [2.24, 2.45) is 0 Å². The van der Waals surface area contributed by atoms with Gasteiger partial charge in [0.05, 0.1) is 6.61 Å². The van der Waals surface area contributed by atoms with Crippen LogP contribution < -0.4 is 0 Å². The third-order valence-corrected chi connectivity index (χ3v) is 2.49. The number of aliphatic hydroxyl groups is 6. The molecular formula is C10H18O10. The van der Waals surface area contributed by atoms with Gasteiger partial charge in [-0.2, -0.15) is 0 Å². The van der Waals surface area contributed by atoms with E-state index in [2.05, 4.69) is 4.74 Å². The molecule has 0 bridgehead atoms. The van der Waals surface area contributed by atoms with Crippen molar-refractivity contribution in [3.05, 3.63) is 0 Å².